The molecule has 102 valence electrons. The lowest BCUT2D eigenvalue weighted by Crippen LogP contribution is -2.10. The number of alkyl halides is 4. The van der Waals surface area contributed by atoms with Gasteiger partial charge in [-0.05, 0) is 40.5 Å². The zero-order chi connectivity index (χ0) is 14.2. The van der Waals surface area contributed by atoms with Crippen LogP contribution in [0.25, 0.3) is 0 Å². The maximum absolute atomic E-state index is 13.0. The van der Waals surface area contributed by atoms with Crippen molar-refractivity contribution in [2.24, 2.45) is 0 Å². The molecule has 1 atom stereocenters. The zero-order valence-electron chi connectivity index (χ0n) is 9.76. The van der Waals surface area contributed by atoms with Crippen LogP contribution in [0.4, 0.5) is 13.2 Å². The summed E-state index contributed by atoms with van der Waals surface area (Å²) in [7, 11) is 0. The molecule has 0 bridgehead atoms. The average molecular weight is 414 g/mol. The van der Waals surface area contributed by atoms with E-state index in [1.165, 1.54) is 23.5 Å². The summed E-state index contributed by atoms with van der Waals surface area (Å²) in [4.78, 5) is 1.42. The molecule has 0 spiro atoms. The minimum absolute atomic E-state index is 0.234. The third-order valence-electron chi connectivity index (χ3n) is 2.61. The van der Waals surface area contributed by atoms with E-state index in [4.69, 9.17) is 0 Å². The Hall–Kier alpha value is -0.330. The van der Waals surface area contributed by atoms with Gasteiger partial charge in [0, 0.05) is 14.2 Å². The summed E-state index contributed by atoms with van der Waals surface area (Å²) in [6.45, 7) is 1.92. The van der Waals surface area contributed by atoms with Gasteiger partial charge < -0.3 is 0 Å². The van der Waals surface area contributed by atoms with Crippen molar-refractivity contribution < 1.29 is 13.2 Å². The van der Waals surface area contributed by atoms with Gasteiger partial charge in [0.15, 0.2) is 0 Å². The fourth-order valence-corrected chi connectivity index (χ4v) is 4.90. The molecule has 0 aliphatic heterocycles. The Balaban J connectivity index is 2.50. The van der Waals surface area contributed by atoms with Crippen LogP contribution in [0.5, 0.6) is 0 Å². The fourth-order valence-electron chi connectivity index (χ4n) is 1.79. The Morgan fingerprint density at radius 1 is 1.21 bits per heavy atom. The topological polar surface area (TPSA) is 0 Å². The molecule has 0 fully saturated rings. The molecule has 0 amide bonds. The summed E-state index contributed by atoms with van der Waals surface area (Å²) in [5, 5.41) is 0. The quantitative estimate of drug-likeness (QED) is 0.505. The lowest BCUT2D eigenvalue weighted by Gasteiger charge is -2.16. The van der Waals surface area contributed by atoms with Crippen LogP contribution >= 0.6 is 43.2 Å². The molecule has 6 heteroatoms. The monoisotopic (exact) mass is 412 g/mol. The van der Waals surface area contributed by atoms with Crippen LogP contribution in [-0.2, 0) is 6.18 Å². The smallest absolute Gasteiger partial charge is 0.166 e. The van der Waals surface area contributed by atoms with E-state index in [0.29, 0.717) is 0 Å². The molecule has 2 aromatic rings. The van der Waals surface area contributed by atoms with E-state index in [9.17, 15) is 13.2 Å². The maximum Gasteiger partial charge on any atom is 0.416 e. The van der Waals surface area contributed by atoms with Crippen molar-refractivity contribution in [3.8, 4) is 0 Å². The number of hydrogen-bond acceptors (Lipinski definition) is 1. The second-order valence-corrected chi connectivity index (χ2v) is 7.07. The molecule has 19 heavy (non-hydrogen) atoms. The van der Waals surface area contributed by atoms with Crippen LogP contribution in [0.3, 0.4) is 0 Å². The first-order valence-electron chi connectivity index (χ1n) is 5.36. The number of thiophene rings is 1. The molecule has 1 aromatic carbocycles. The fraction of sp³-hybridized carbons (Fsp3) is 0.231. The van der Waals surface area contributed by atoms with Gasteiger partial charge in [-0.25, -0.2) is 0 Å². The van der Waals surface area contributed by atoms with Crippen molar-refractivity contribution >= 4 is 43.2 Å². The van der Waals surface area contributed by atoms with E-state index in [1.807, 2.05) is 13.0 Å². The number of aryl methyl sites for hydroxylation is 1. The highest BCUT2D eigenvalue weighted by atomic mass is 79.9. The number of halogens is 5. The van der Waals surface area contributed by atoms with Crippen LogP contribution in [0.1, 0.15) is 25.7 Å². The van der Waals surface area contributed by atoms with Crippen LogP contribution in [0, 0.1) is 6.92 Å². The van der Waals surface area contributed by atoms with E-state index in [0.717, 1.165) is 20.3 Å². The minimum atomic E-state index is -4.35. The summed E-state index contributed by atoms with van der Waals surface area (Å²) in [5.41, 5.74) is -0.368. The normalized spacial score (nSPS) is 13.6. The third kappa shape index (κ3) is 3.23. The molecule has 0 aliphatic carbocycles. The van der Waals surface area contributed by atoms with Crippen LogP contribution in [0.15, 0.2) is 34.8 Å². The van der Waals surface area contributed by atoms with Crippen molar-refractivity contribution in [3.63, 3.8) is 0 Å². The van der Waals surface area contributed by atoms with Crippen molar-refractivity contribution in [2.75, 3.05) is 0 Å². The van der Waals surface area contributed by atoms with Gasteiger partial charge >= 0.3 is 6.18 Å². The van der Waals surface area contributed by atoms with E-state index < -0.39 is 16.6 Å². The molecule has 1 heterocycles. The lowest BCUT2D eigenvalue weighted by molar-refractivity contribution is -0.138. The van der Waals surface area contributed by atoms with Gasteiger partial charge in [0.05, 0.1) is 10.4 Å². The van der Waals surface area contributed by atoms with Gasteiger partial charge in [-0.2, -0.15) is 13.2 Å². The molecule has 1 unspecified atom stereocenters. The standard InChI is InChI=1S/C13H9Br2F3S/c1-7-6-10(14)12(19-7)11(15)8-4-2-3-5-9(8)13(16,17)18/h2-6,11H,1H3. The molecule has 0 saturated carbocycles. The molecule has 0 aliphatic rings. The first-order chi connectivity index (χ1) is 8.80. The van der Waals surface area contributed by atoms with Gasteiger partial charge in [0.25, 0.3) is 0 Å². The first-order valence-corrected chi connectivity index (χ1v) is 7.89. The minimum Gasteiger partial charge on any atom is -0.166 e. The van der Waals surface area contributed by atoms with Gasteiger partial charge in [-0.1, -0.05) is 34.1 Å². The average Bonchev–Trinajstić information content (AvgIpc) is 2.66. The highest BCUT2D eigenvalue weighted by Gasteiger charge is 2.35. The SMILES string of the molecule is Cc1cc(Br)c(C(Br)c2ccccc2C(F)(F)F)s1. The molecular formula is C13H9Br2F3S. The third-order valence-corrected chi connectivity index (χ3v) is 5.89. The lowest BCUT2D eigenvalue weighted by atomic mass is 10.0. The molecule has 0 radical (unpaired) electrons. The van der Waals surface area contributed by atoms with Crippen LogP contribution < -0.4 is 0 Å². The summed E-state index contributed by atoms with van der Waals surface area (Å²) in [6, 6.07) is 7.54. The van der Waals surface area contributed by atoms with Crippen molar-refractivity contribution in [3.05, 3.63) is 55.7 Å². The van der Waals surface area contributed by atoms with Crippen molar-refractivity contribution in [1.82, 2.24) is 0 Å². The molecule has 1 aromatic heterocycles. The molecule has 2 rings (SSSR count). The maximum atomic E-state index is 13.0. The number of rotatable bonds is 2. The number of benzene rings is 1. The Morgan fingerprint density at radius 2 is 1.84 bits per heavy atom. The largest absolute Gasteiger partial charge is 0.416 e. The summed E-state index contributed by atoms with van der Waals surface area (Å²) in [6.07, 6.45) is -4.35. The first kappa shape index (κ1) is 15.1. The highest BCUT2D eigenvalue weighted by Crippen LogP contribution is 2.44. The van der Waals surface area contributed by atoms with Crippen LogP contribution in [0.2, 0.25) is 0 Å². The molecule has 0 saturated heterocycles. The Kier molecular flexibility index (Phi) is 4.42. The predicted molar refractivity (Wildman–Crippen MR) is 79.0 cm³/mol. The van der Waals surface area contributed by atoms with Gasteiger partial charge in [0.1, 0.15) is 0 Å². The summed E-state index contributed by atoms with van der Waals surface area (Å²) >= 11 is 8.25. The van der Waals surface area contributed by atoms with Crippen LogP contribution in [-0.4, -0.2) is 0 Å². The highest BCUT2D eigenvalue weighted by molar-refractivity contribution is 9.11. The zero-order valence-corrected chi connectivity index (χ0v) is 13.8. The van der Waals surface area contributed by atoms with Gasteiger partial charge in [-0.3, -0.25) is 0 Å². The van der Waals surface area contributed by atoms with Crippen molar-refractivity contribution in [2.45, 2.75) is 17.9 Å². The summed E-state index contributed by atoms with van der Waals surface area (Å²) < 4.78 is 39.8. The Labute approximate surface area is 129 Å². The Bertz CT molecular complexity index is 590. The molecule has 0 nitrogen and oxygen atoms in total. The second-order valence-electron chi connectivity index (χ2n) is 4.02. The van der Waals surface area contributed by atoms with E-state index in [2.05, 4.69) is 31.9 Å². The summed E-state index contributed by atoms with van der Waals surface area (Å²) in [5.74, 6) is 0. The van der Waals surface area contributed by atoms with E-state index in [-0.39, 0.29) is 5.56 Å². The van der Waals surface area contributed by atoms with E-state index in [1.54, 1.807) is 6.07 Å². The molecular weight excluding hydrogens is 405 g/mol. The number of hydrogen-bond donors (Lipinski definition) is 0. The molecule has 0 N–H and O–H groups in total. The van der Waals surface area contributed by atoms with Gasteiger partial charge in [0.2, 0.25) is 0 Å². The van der Waals surface area contributed by atoms with E-state index >= 15 is 0 Å². The predicted octanol–water partition coefficient (Wildman–Crippen LogP) is 6.32. The van der Waals surface area contributed by atoms with Gasteiger partial charge in [-0.15, -0.1) is 11.3 Å². The Morgan fingerprint density at radius 3 is 2.37 bits per heavy atom. The second kappa shape index (κ2) is 5.58. The van der Waals surface area contributed by atoms with Crippen molar-refractivity contribution in [1.29, 1.82) is 0 Å².